The molecule has 0 radical (unpaired) electrons. The van der Waals surface area contributed by atoms with E-state index in [1.807, 2.05) is 4.90 Å². The van der Waals surface area contributed by atoms with E-state index in [9.17, 15) is 9.59 Å². The molecule has 1 saturated carbocycles. The fourth-order valence-corrected chi connectivity index (χ4v) is 3.43. The van der Waals surface area contributed by atoms with E-state index in [1.54, 1.807) is 11.7 Å². The first kappa shape index (κ1) is 16.3. The summed E-state index contributed by atoms with van der Waals surface area (Å²) in [6.07, 6.45) is 6.55. The van der Waals surface area contributed by atoms with Gasteiger partial charge in [-0.05, 0) is 19.3 Å². The van der Waals surface area contributed by atoms with Crippen LogP contribution < -0.4 is 5.56 Å². The molecule has 3 heterocycles. The van der Waals surface area contributed by atoms with Crippen molar-refractivity contribution >= 4 is 16.9 Å². The Balaban J connectivity index is 1.43. The summed E-state index contributed by atoms with van der Waals surface area (Å²) in [4.78, 5) is 31.5. The van der Waals surface area contributed by atoms with Crippen molar-refractivity contribution < 1.29 is 9.53 Å². The lowest BCUT2D eigenvalue weighted by Gasteiger charge is -2.25. The highest BCUT2D eigenvalue weighted by Crippen LogP contribution is 2.29. The first-order chi connectivity index (χ1) is 12.1. The summed E-state index contributed by atoms with van der Waals surface area (Å²) in [6.45, 7) is 2.67. The van der Waals surface area contributed by atoms with E-state index >= 15 is 0 Å². The second-order valence-corrected chi connectivity index (χ2v) is 7.01. The number of amides is 1. The number of rotatable bonds is 6. The van der Waals surface area contributed by atoms with Crippen molar-refractivity contribution in [1.29, 1.82) is 0 Å². The number of ether oxygens (including phenoxy) is 1. The Labute approximate surface area is 145 Å². The largest absolute Gasteiger partial charge is 0.381 e. The quantitative estimate of drug-likeness (QED) is 0.763. The Morgan fingerprint density at radius 3 is 2.96 bits per heavy atom. The lowest BCUT2D eigenvalue weighted by atomic mass is 10.1. The van der Waals surface area contributed by atoms with Gasteiger partial charge < -0.3 is 9.64 Å². The van der Waals surface area contributed by atoms with Gasteiger partial charge in [-0.2, -0.15) is 5.10 Å². The number of carbonyl (C=O) groups is 1. The minimum Gasteiger partial charge on any atom is -0.381 e. The van der Waals surface area contributed by atoms with Crippen molar-refractivity contribution in [2.45, 2.75) is 38.3 Å². The first-order valence-corrected chi connectivity index (χ1v) is 8.88. The van der Waals surface area contributed by atoms with Crippen molar-refractivity contribution in [3.8, 4) is 0 Å². The average Bonchev–Trinajstić information content (AvgIpc) is 3.18. The maximum absolute atomic E-state index is 12.7. The fourth-order valence-electron chi connectivity index (χ4n) is 3.43. The van der Waals surface area contributed by atoms with Crippen LogP contribution in [0.15, 0.2) is 17.3 Å². The molecular weight excluding hydrogens is 322 g/mol. The van der Waals surface area contributed by atoms with Crippen LogP contribution in [0.5, 0.6) is 0 Å². The fraction of sp³-hybridized carbons (Fsp3) is 0.647. The molecule has 8 nitrogen and oxygen atoms in total. The lowest BCUT2D eigenvalue weighted by molar-refractivity contribution is -0.132. The Morgan fingerprint density at radius 1 is 1.40 bits per heavy atom. The molecule has 2 fully saturated rings. The van der Waals surface area contributed by atoms with Crippen LogP contribution >= 0.6 is 0 Å². The molecule has 1 aliphatic heterocycles. The molecule has 0 unspecified atom stereocenters. The van der Waals surface area contributed by atoms with E-state index in [4.69, 9.17) is 4.74 Å². The van der Waals surface area contributed by atoms with Crippen molar-refractivity contribution in [2.75, 3.05) is 19.8 Å². The third-order valence-corrected chi connectivity index (χ3v) is 5.07. The number of aromatic nitrogens is 4. The van der Waals surface area contributed by atoms with Crippen LogP contribution in [0, 0.1) is 5.92 Å². The summed E-state index contributed by atoms with van der Waals surface area (Å²) < 4.78 is 8.51. The third kappa shape index (κ3) is 3.30. The van der Waals surface area contributed by atoms with Crippen LogP contribution in [-0.2, 0) is 23.1 Å². The number of carbonyl (C=O) groups excluding carboxylic acids is 1. The summed E-state index contributed by atoms with van der Waals surface area (Å²) in [7, 11) is 1.75. The first-order valence-electron chi connectivity index (χ1n) is 8.88. The van der Waals surface area contributed by atoms with E-state index in [1.165, 1.54) is 17.1 Å². The lowest BCUT2D eigenvalue weighted by Crippen LogP contribution is -2.38. The van der Waals surface area contributed by atoms with Gasteiger partial charge in [-0.25, -0.2) is 4.98 Å². The van der Waals surface area contributed by atoms with Gasteiger partial charge in [0.05, 0.1) is 19.1 Å². The molecule has 25 heavy (non-hydrogen) atoms. The average molecular weight is 345 g/mol. The molecule has 0 N–H and O–H groups in total. The van der Waals surface area contributed by atoms with Crippen LogP contribution in [0.1, 0.15) is 25.7 Å². The monoisotopic (exact) mass is 345 g/mol. The zero-order chi connectivity index (χ0) is 17.4. The Bertz CT molecular complexity index is 832. The summed E-state index contributed by atoms with van der Waals surface area (Å²) in [5.74, 6) is 0.563. The van der Waals surface area contributed by atoms with Gasteiger partial charge in [-0.3, -0.25) is 18.8 Å². The van der Waals surface area contributed by atoms with Crippen LogP contribution in [0.4, 0.5) is 0 Å². The summed E-state index contributed by atoms with van der Waals surface area (Å²) in [5.41, 5.74) is 0.418. The Kier molecular flexibility index (Phi) is 4.29. The molecule has 1 atom stereocenters. The number of hydrogen-bond acceptors (Lipinski definition) is 5. The smallest absolute Gasteiger partial charge is 0.264 e. The van der Waals surface area contributed by atoms with Crippen molar-refractivity contribution in [2.24, 2.45) is 13.0 Å². The van der Waals surface area contributed by atoms with Gasteiger partial charge in [0.2, 0.25) is 5.91 Å². The number of hydrogen-bond donors (Lipinski definition) is 0. The molecule has 2 aromatic rings. The topological polar surface area (TPSA) is 82.2 Å². The molecule has 2 aromatic heterocycles. The highest BCUT2D eigenvalue weighted by molar-refractivity contribution is 5.77. The van der Waals surface area contributed by atoms with Gasteiger partial charge in [-0.1, -0.05) is 0 Å². The standard InChI is InChI=1S/C17H23N5O3/c1-20-16-14(8-19-20)17(24)21(11-18-16)6-4-15(23)22(13-2-3-13)9-12-5-7-25-10-12/h8,11-13H,2-7,9-10H2,1H3/t12-/m0/s1. The van der Waals surface area contributed by atoms with Crippen LogP contribution in [0.3, 0.4) is 0 Å². The zero-order valence-corrected chi connectivity index (χ0v) is 14.4. The maximum atomic E-state index is 12.7. The van der Waals surface area contributed by atoms with E-state index in [-0.39, 0.29) is 11.5 Å². The molecular formula is C17H23N5O3. The normalized spacial score (nSPS) is 20.3. The predicted octanol–water partition coefficient (Wildman–Crippen LogP) is 0.548. The Hall–Kier alpha value is -2.22. The summed E-state index contributed by atoms with van der Waals surface area (Å²) in [5, 5.41) is 4.55. The molecule has 8 heteroatoms. The minimum atomic E-state index is -0.145. The van der Waals surface area contributed by atoms with Gasteiger partial charge in [0.1, 0.15) is 5.39 Å². The summed E-state index contributed by atoms with van der Waals surface area (Å²) >= 11 is 0. The van der Waals surface area contributed by atoms with Crippen molar-refractivity contribution in [3.63, 3.8) is 0 Å². The van der Waals surface area contributed by atoms with Crippen LogP contribution in [0.25, 0.3) is 11.0 Å². The van der Waals surface area contributed by atoms with E-state index in [2.05, 4.69) is 10.1 Å². The Morgan fingerprint density at radius 2 is 2.24 bits per heavy atom. The maximum Gasteiger partial charge on any atom is 0.264 e. The SMILES string of the molecule is Cn1ncc2c(=O)n(CCC(=O)N(C[C@@H]3CCOC3)C3CC3)cnc21. The molecule has 1 aliphatic carbocycles. The molecule has 4 rings (SSSR count). The second-order valence-electron chi connectivity index (χ2n) is 7.01. The molecule has 1 amide bonds. The van der Waals surface area contributed by atoms with Crippen molar-refractivity contribution in [3.05, 3.63) is 22.9 Å². The van der Waals surface area contributed by atoms with Crippen molar-refractivity contribution in [1.82, 2.24) is 24.2 Å². The second kappa shape index (κ2) is 6.59. The summed E-state index contributed by atoms with van der Waals surface area (Å²) in [6, 6.07) is 0.378. The van der Waals surface area contributed by atoms with E-state index in [0.29, 0.717) is 36.0 Å². The van der Waals surface area contributed by atoms with Gasteiger partial charge >= 0.3 is 0 Å². The molecule has 0 spiro atoms. The number of nitrogens with zero attached hydrogens (tertiary/aromatic N) is 5. The van der Waals surface area contributed by atoms with Crippen LogP contribution in [0.2, 0.25) is 0 Å². The van der Waals surface area contributed by atoms with Gasteiger partial charge in [0.15, 0.2) is 5.65 Å². The zero-order valence-electron chi connectivity index (χ0n) is 14.4. The molecule has 134 valence electrons. The van der Waals surface area contributed by atoms with Gasteiger partial charge in [0.25, 0.3) is 5.56 Å². The molecule has 0 bridgehead atoms. The van der Waals surface area contributed by atoms with E-state index < -0.39 is 0 Å². The van der Waals surface area contributed by atoms with E-state index in [0.717, 1.165) is 39.0 Å². The molecule has 1 saturated heterocycles. The molecule has 2 aliphatic rings. The molecule has 0 aromatic carbocycles. The highest BCUT2D eigenvalue weighted by Gasteiger charge is 2.34. The number of fused-ring (bicyclic) bond motifs is 1. The minimum absolute atomic E-state index is 0.118. The van der Waals surface area contributed by atoms with Gasteiger partial charge in [0, 0.05) is 45.1 Å². The third-order valence-electron chi connectivity index (χ3n) is 5.07. The van der Waals surface area contributed by atoms with Gasteiger partial charge in [-0.15, -0.1) is 0 Å². The number of aryl methyl sites for hydroxylation is 2. The highest BCUT2D eigenvalue weighted by atomic mass is 16.5. The van der Waals surface area contributed by atoms with Crippen LogP contribution in [-0.4, -0.2) is 55.9 Å². The predicted molar refractivity (Wildman–Crippen MR) is 91.0 cm³/mol.